The summed E-state index contributed by atoms with van der Waals surface area (Å²) in [5, 5.41) is 0. The van der Waals surface area contributed by atoms with Crippen molar-refractivity contribution in [2.75, 3.05) is 13.7 Å². The van der Waals surface area contributed by atoms with Crippen molar-refractivity contribution in [1.82, 2.24) is 9.55 Å². The highest BCUT2D eigenvalue weighted by Gasteiger charge is 2.04. The van der Waals surface area contributed by atoms with E-state index in [1.807, 2.05) is 16.8 Å². The monoisotopic (exact) mass is 249 g/mol. The Bertz CT molecular complexity index is 525. The van der Waals surface area contributed by atoms with Gasteiger partial charge in [0.25, 0.3) is 0 Å². The van der Waals surface area contributed by atoms with E-state index in [1.54, 1.807) is 12.4 Å². The molecule has 1 heterocycles. The minimum Gasteiger partial charge on any atom is -0.494 e. The van der Waals surface area contributed by atoms with Crippen molar-refractivity contribution in [3.63, 3.8) is 0 Å². The Hall–Kier alpha value is -1.88. The highest BCUT2D eigenvalue weighted by molar-refractivity contribution is 5.29. The van der Waals surface area contributed by atoms with E-state index in [4.69, 9.17) is 10.5 Å². The molecular weight excluding hydrogens is 233 g/mol. The number of nitrogens with zero attached hydrogens (tertiary/aromatic N) is 2. The Balaban J connectivity index is 2.10. The van der Waals surface area contributed by atoms with Crippen LogP contribution in [0, 0.1) is 5.82 Å². The second-order valence-electron chi connectivity index (χ2n) is 4.04. The van der Waals surface area contributed by atoms with Crippen LogP contribution in [0.15, 0.2) is 30.7 Å². The molecule has 0 aliphatic rings. The van der Waals surface area contributed by atoms with Crippen LogP contribution in [0.25, 0.3) is 0 Å². The maximum atomic E-state index is 13.5. The molecule has 0 saturated heterocycles. The SMILES string of the molecule is COc1ccc(Cn2cnc(CCN)c2)cc1F. The van der Waals surface area contributed by atoms with Crippen LogP contribution >= 0.6 is 0 Å². The van der Waals surface area contributed by atoms with E-state index >= 15 is 0 Å². The molecular formula is C13H16FN3O. The molecule has 0 aliphatic carbocycles. The second kappa shape index (κ2) is 5.64. The number of imidazole rings is 1. The summed E-state index contributed by atoms with van der Waals surface area (Å²) in [5.41, 5.74) is 7.28. The van der Waals surface area contributed by atoms with Crippen molar-refractivity contribution in [3.8, 4) is 5.75 Å². The zero-order chi connectivity index (χ0) is 13.0. The Morgan fingerprint density at radius 3 is 2.94 bits per heavy atom. The standard InChI is InChI=1S/C13H16FN3O/c1-18-13-3-2-10(6-12(13)14)7-17-8-11(4-5-15)16-9-17/h2-3,6,8-9H,4-5,7,15H2,1H3. The molecule has 18 heavy (non-hydrogen) atoms. The zero-order valence-electron chi connectivity index (χ0n) is 10.3. The van der Waals surface area contributed by atoms with Crippen LogP contribution < -0.4 is 10.5 Å². The number of hydrogen-bond acceptors (Lipinski definition) is 3. The Labute approximate surface area is 105 Å². The highest BCUT2D eigenvalue weighted by atomic mass is 19.1. The van der Waals surface area contributed by atoms with E-state index in [-0.39, 0.29) is 11.6 Å². The number of hydrogen-bond donors (Lipinski definition) is 1. The first kappa shape index (κ1) is 12.6. The number of rotatable bonds is 5. The molecule has 2 rings (SSSR count). The summed E-state index contributed by atoms with van der Waals surface area (Å²) in [7, 11) is 1.45. The summed E-state index contributed by atoms with van der Waals surface area (Å²) in [6, 6.07) is 4.94. The Morgan fingerprint density at radius 1 is 1.44 bits per heavy atom. The van der Waals surface area contributed by atoms with Gasteiger partial charge in [0.2, 0.25) is 0 Å². The van der Waals surface area contributed by atoms with Gasteiger partial charge < -0.3 is 15.0 Å². The Kier molecular flexibility index (Phi) is 3.94. The smallest absolute Gasteiger partial charge is 0.165 e. The maximum absolute atomic E-state index is 13.5. The summed E-state index contributed by atoms with van der Waals surface area (Å²) in [5.74, 6) is -0.0921. The van der Waals surface area contributed by atoms with Gasteiger partial charge in [-0.25, -0.2) is 9.37 Å². The van der Waals surface area contributed by atoms with Gasteiger partial charge in [-0.2, -0.15) is 0 Å². The fraction of sp³-hybridized carbons (Fsp3) is 0.308. The minimum absolute atomic E-state index is 0.258. The van der Waals surface area contributed by atoms with Crippen molar-refractivity contribution < 1.29 is 9.13 Å². The third kappa shape index (κ3) is 2.87. The third-order valence-electron chi connectivity index (χ3n) is 2.67. The number of nitrogens with two attached hydrogens (primary N) is 1. The zero-order valence-corrected chi connectivity index (χ0v) is 10.3. The van der Waals surface area contributed by atoms with Crippen LogP contribution in [0.3, 0.4) is 0 Å². The summed E-state index contributed by atoms with van der Waals surface area (Å²) < 4.78 is 20.3. The van der Waals surface area contributed by atoms with Crippen molar-refractivity contribution >= 4 is 0 Å². The molecule has 1 aromatic heterocycles. The van der Waals surface area contributed by atoms with E-state index < -0.39 is 0 Å². The minimum atomic E-state index is -0.350. The fourth-order valence-corrected chi connectivity index (χ4v) is 1.79. The molecule has 5 heteroatoms. The van der Waals surface area contributed by atoms with Gasteiger partial charge in [0, 0.05) is 19.2 Å². The average molecular weight is 249 g/mol. The molecule has 0 aliphatic heterocycles. The number of halogens is 1. The second-order valence-corrected chi connectivity index (χ2v) is 4.04. The quantitative estimate of drug-likeness (QED) is 0.875. The molecule has 0 saturated carbocycles. The Morgan fingerprint density at radius 2 is 2.28 bits per heavy atom. The lowest BCUT2D eigenvalue weighted by Gasteiger charge is -2.05. The molecule has 0 amide bonds. The van der Waals surface area contributed by atoms with Gasteiger partial charge in [-0.05, 0) is 24.2 Å². The lowest BCUT2D eigenvalue weighted by Crippen LogP contribution is -2.03. The molecule has 0 atom stereocenters. The molecule has 0 radical (unpaired) electrons. The van der Waals surface area contributed by atoms with Gasteiger partial charge in [-0.1, -0.05) is 6.07 Å². The summed E-state index contributed by atoms with van der Waals surface area (Å²) in [6.07, 6.45) is 4.41. The average Bonchev–Trinajstić information content (AvgIpc) is 2.77. The van der Waals surface area contributed by atoms with Crippen LogP contribution in [0.2, 0.25) is 0 Å². The largest absolute Gasteiger partial charge is 0.494 e. The van der Waals surface area contributed by atoms with Crippen LogP contribution in [0.5, 0.6) is 5.75 Å². The number of methoxy groups -OCH3 is 1. The van der Waals surface area contributed by atoms with Gasteiger partial charge >= 0.3 is 0 Å². The van der Waals surface area contributed by atoms with E-state index in [0.717, 1.165) is 17.7 Å². The molecule has 96 valence electrons. The van der Waals surface area contributed by atoms with Gasteiger partial charge in [0.15, 0.2) is 11.6 Å². The van der Waals surface area contributed by atoms with Crippen molar-refractivity contribution in [1.29, 1.82) is 0 Å². The predicted octanol–water partition coefficient (Wildman–Crippen LogP) is 1.58. The normalized spacial score (nSPS) is 10.6. The molecule has 0 bridgehead atoms. The first-order valence-corrected chi connectivity index (χ1v) is 5.76. The summed E-state index contributed by atoms with van der Waals surface area (Å²) in [4.78, 5) is 4.22. The van der Waals surface area contributed by atoms with Gasteiger partial charge in [-0.3, -0.25) is 0 Å². The van der Waals surface area contributed by atoms with Crippen molar-refractivity contribution in [2.45, 2.75) is 13.0 Å². The van der Waals surface area contributed by atoms with Crippen LogP contribution in [0.1, 0.15) is 11.3 Å². The maximum Gasteiger partial charge on any atom is 0.165 e. The molecule has 0 unspecified atom stereocenters. The molecule has 2 aromatic rings. The molecule has 0 fully saturated rings. The molecule has 1 aromatic carbocycles. The lowest BCUT2D eigenvalue weighted by atomic mass is 10.2. The first-order valence-electron chi connectivity index (χ1n) is 5.76. The predicted molar refractivity (Wildman–Crippen MR) is 67.0 cm³/mol. The topological polar surface area (TPSA) is 53.1 Å². The van der Waals surface area contributed by atoms with Crippen LogP contribution in [-0.4, -0.2) is 23.2 Å². The van der Waals surface area contributed by atoms with Crippen LogP contribution in [0.4, 0.5) is 4.39 Å². The van der Waals surface area contributed by atoms with E-state index in [1.165, 1.54) is 13.2 Å². The van der Waals surface area contributed by atoms with E-state index in [9.17, 15) is 4.39 Å². The highest BCUT2D eigenvalue weighted by Crippen LogP contribution is 2.18. The van der Waals surface area contributed by atoms with E-state index in [0.29, 0.717) is 13.1 Å². The molecule has 2 N–H and O–H groups in total. The molecule has 0 spiro atoms. The first-order chi connectivity index (χ1) is 8.72. The third-order valence-corrected chi connectivity index (χ3v) is 2.67. The van der Waals surface area contributed by atoms with Gasteiger partial charge in [0.1, 0.15) is 0 Å². The van der Waals surface area contributed by atoms with E-state index in [2.05, 4.69) is 4.98 Å². The lowest BCUT2D eigenvalue weighted by molar-refractivity contribution is 0.386. The summed E-state index contributed by atoms with van der Waals surface area (Å²) in [6.45, 7) is 1.16. The van der Waals surface area contributed by atoms with Crippen molar-refractivity contribution in [3.05, 3.63) is 47.8 Å². The van der Waals surface area contributed by atoms with Crippen LogP contribution in [-0.2, 0) is 13.0 Å². The van der Waals surface area contributed by atoms with Crippen molar-refractivity contribution in [2.24, 2.45) is 5.73 Å². The van der Waals surface area contributed by atoms with Gasteiger partial charge in [0.05, 0.1) is 19.1 Å². The fourth-order valence-electron chi connectivity index (χ4n) is 1.79. The number of benzene rings is 1. The number of aromatic nitrogens is 2. The molecule has 4 nitrogen and oxygen atoms in total. The van der Waals surface area contributed by atoms with Gasteiger partial charge in [-0.15, -0.1) is 0 Å². The summed E-state index contributed by atoms with van der Waals surface area (Å²) >= 11 is 0. The number of ether oxygens (including phenoxy) is 1.